The third-order valence-electron chi connectivity index (χ3n) is 5.30. The fraction of sp³-hybridized carbons (Fsp3) is 0.476. The average molecular weight is 414 g/mol. The third kappa shape index (κ3) is 4.69. The van der Waals surface area contributed by atoms with E-state index in [0.29, 0.717) is 49.7 Å². The van der Waals surface area contributed by atoms with Crippen molar-refractivity contribution in [3.63, 3.8) is 0 Å². The highest BCUT2D eigenvalue weighted by atomic mass is 16.5. The first-order valence-electron chi connectivity index (χ1n) is 10.2. The molecule has 1 aromatic carbocycles. The van der Waals surface area contributed by atoms with Gasteiger partial charge in [-0.25, -0.2) is 4.98 Å². The van der Waals surface area contributed by atoms with Crippen LogP contribution in [0.5, 0.6) is 0 Å². The molecular formula is C21H26N4O5. The number of ether oxygens (including phenoxy) is 2. The first-order valence-corrected chi connectivity index (χ1v) is 10.2. The molecule has 9 nitrogen and oxygen atoms in total. The molecule has 30 heavy (non-hydrogen) atoms. The van der Waals surface area contributed by atoms with E-state index in [0.717, 1.165) is 32.8 Å². The van der Waals surface area contributed by atoms with Gasteiger partial charge in [-0.1, -0.05) is 18.2 Å². The first kappa shape index (κ1) is 20.5. The Kier molecular flexibility index (Phi) is 6.73. The van der Waals surface area contributed by atoms with Gasteiger partial charge in [-0.05, 0) is 6.07 Å². The topological polar surface area (TPSA) is 97.1 Å². The lowest BCUT2D eigenvalue weighted by atomic mass is 10.0. The van der Waals surface area contributed by atoms with Crippen LogP contribution in [0.1, 0.15) is 20.8 Å². The van der Waals surface area contributed by atoms with E-state index in [2.05, 4.69) is 15.2 Å². The van der Waals surface area contributed by atoms with Crippen molar-refractivity contribution < 1.29 is 23.5 Å². The number of nitrogens with zero attached hydrogens (tertiary/aromatic N) is 3. The van der Waals surface area contributed by atoms with Gasteiger partial charge < -0.3 is 24.1 Å². The molecule has 2 aliphatic heterocycles. The third-order valence-corrected chi connectivity index (χ3v) is 5.30. The van der Waals surface area contributed by atoms with Crippen molar-refractivity contribution in [2.75, 3.05) is 65.7 Å². The van der Waals surface area contributed by atoms with Crippen LogP contribution in [0.4, 0.5) is 0 Å². The molecule has 2 fully saturated rings. The van der Waals surface area contributed by atoms with Gasteiger partial charge in [-0.2, -0.15) is 0 Å². The quantitative estimate of drug-likeness (QED) is 0.749. The lowest BCUT2D eigenvalue weighted by molar-refractivity contribution is 0.0303. The minimum Gasteiger partial charge on any atom is -0.443 e. The number of carbonyl (C=O) groups is 2. The maximum Gasteiger partial charge on any atom is 0.273 e. The maximum absolute atomic E-state index is 13.0. The second-order valence-corrected chi connectivity index (χ2v) is 7.19. The SMILES string of the molecule is O=C(NCCN1CCOCC1)c1ncoc1-c1ccccc1C(=O)N1CCOCC1. The number of oxazole rings is 1. The first-order chi connectivity index (χ1) is 14.7. The van der Waals surface area contributed by atoms with E-state index in [9.17, 15) is 9.59 Å². The molecule has 2 aliphatic rings. The predicted molar refractivity (Wildman–Crippen MR) is 108 cm³/mol. The van der Waals surface area contributed by atoms with Crippen molar-refractivity contribution in [3.05, 3.63) is 41.9 Å². The van der Waals surface area contributed by atoms with Crippen LogP contribution in [0, 0.1) is 0 Å². The Morgan fingerprint density at radius 2 is 1.70 bits per heavy atom. The summed E-state index contributed by atoms with van der Waals surface area (Å²) in [4.78, 5) is 33.9. The smallest absolute Gasteiger partial charge is 0.273 e. The van der Waals surface area contributed by atoms with Gasteiger partial charge in [-0.3, -0.25) is 14.5 Å². The molecule has 9 heteroatoms. The van der Waals surface area contributed by atoms with Gasteiger partial charge in [0.2, 0.25) is 0 Å². The van der Waals surface area contributed by atoms with E-state index in [1.807, 2.05) is 6.07 Å². The molecule has 0 aliphatic carbocycles. The van der Waals surface area contributed by atoms with Gasteiger partial charge in [0.1, 0.15) is 0 Å². The van der Waals surface area contributed by atoms with Crippen molar-refractivity contribution in [1.29, 1.82) is 0 Å². The minimum atomic E-state index is -0.319. The van der Waals surface area contributed by atoms with Gasteiger partial charge in [0.25, 0.3) is 11.8 Å². The molecule has 3 heterocycles. The zero-order chi connectivity index (χ0) is 20.8. The summed E-state index contributed by atoms with van der Waals surface area (Å²) in [6.45, 7) is 6.53. The number of hydrogen-bond acceptors (Lipinski definition) is 7. The Morgan fingerprint density at radius 3 is 2.47 bits per heavy atom. The highest BCUT2D eigenvalue weighted by Gasteiger charge is 2.26. The fourth-order valence-electron chi connectivity index (χ4n) is 3.64. The van der Waals surface area contributed by atoms with Gasteiger partial charge in [0, 0.05) is 44.8 Å². The zero-order valence-electron chi connectivity index (χ0n) is 16.8. The maximum atomic E-state index is 13.0. The van der Waals surface area contributed by atoms with Crippen LogP contribution in [0.15, 0.2) is 35.1 Å². The predicted octanol–water partition coefficient (Wildman–Crippen LogP) is 0.876. The Morgan fingerprint density at radius 1 is 1.00 bits per heavy atom. The van der Waals surface area contributed by atoms with Gasteiger partial charge in [-0.15, -0.1) is 0 Å². The van der Waals surface area contributed by atoms with Gasteiger partial charge in [0.05, 0.1) is 32.0 Å². The fourth-order valence-corrected chi connectivity index (χ4v) is 3.64. The Bertz CT molecular complexity index is 872. The number of aromatic nitrogens is 1. The van der Waals surface area contributed by atoms with E-state index in [1.54, 1.807) is 23.1 Å². The largest absolute Gasteiger partial charge is 0.443 e. The summed E-state index contributed by atoms with van der Waals surface area (Å²) in [5.74, 6) is -0.124. The van der Waals surface area contributed by atoms with Crippen LogP contribution in [-0.2, 0) is 9.47 Å². The lowest BCUT2D eigenvalue weighted by Crippen LogP contribution is -2.41. The van der Waals surface area contributed by atoms with Crippen molar-refractivity contribution in [2.24, 2.45) is 0 Å². The molecule has 160 valence electrons. The van der Waals surface area contributed by atoms with E-state index in [4.69, 9.17) is 13.9 Å². The standard InChI is InChI=1S/C21H26N4O5/c26-20(22-5-6-24-7-11-28-12-8-24)18-19(30-15-23-18)16-3-1-2-4-17(16)21(27)25-9-13-29-14-10-25/h1-4,15H,5-14H2,(H,22,26). The normalized spacial score (nSPS) is 17.7. The molecule has 0 saturated carbocycles. The van der Waals surface area contributed by atoms with Crippen LogP contribution in [0.25, 0.3) is 11.3 Å². The van der Waals surface area contributed by atoms with Crippen LogP contribution < -0.4 is 5.32 Å². The van der Waals surface area contributed by atoms with E-state index in [-0.39, 0.29) is 17.5 Å². The molecule has 0 spiro atoms. The molecule has 1 N–H and O–H groups in total. The number of hydrogen-bond donors (Lipinski definition) is 1. The van der Waals surface area contributed by atoms with Crippen LogP contribution in [-0.4, -0.2) is 92.3 Å². The van der Waals surface area contributed by atoms with Crippen LogP contribution in [0.3, 0.4) is 0 Å². The monoisotopic (exact) mass is 414 g/mol. The zero-order valence-corrected chi connectivity index (χ0v) is 16.8. The molecule has 4 rings (SSSR count). The minimum absolute atomic E-state index is 0.107. The van der Waals surface area contributed by atoms with Gasteiger partial charge >= 0.3 is 0 Å². The van der Waals surface area contributed by atoms with Crippen molar-refractivity contribution in [3.8, 4) is 11.3 Å². The molecular weight excluding hydrogens is 388 g/mol. The molecule has 0 unspecified atom stereocenters. The Hall–Kier alpha value is -2.75. The molecule has 2 aromatic rings. The summed E-state index contributed by atoms with van der Waals surface area (Å²) in [6.07, 6.45) is 1.24. The van der Waals surface area contributed by atoms with E-state index in [1.165, 1.54) is 6.39 Å². The highest BCUT2D eigenvalue weighted by molar-refractivity contribution is 6.04. The van der Waals surface area contributed by atoms with Crippen molar-refractivity contribution >= 4 is 11.8 Å². The summed E-state index contributed by atoms with van der Waals surface area (Å²) in [7, 11) is 0. The summed E-state index contributed by atoms with van der Waals surface area (Å²) < 4.78 is 16.2. The van der Waals surface area contributed by atoms with E-state index >= 15 is 0 Å². The number of amides is 2. The molecule has 0 atom stereocenters. The summed E-state index contributed by atoms with van der Waals surface area (Å²) in [5, 5.41) is 2.90. The number of benzene rings is 1. The second-order valence-electron chi connectivity index (χ2n) is 7.19. The van der Waals surface area contributed by atoms with Crippen LogP contribution >= 0.6 is 0 Å². The summed E-state index contributed by atoms with van der Waals surface area (Å²) >= 11 is 0. The number of carbonyl (C=O) groups excluding carboxylic acids is 2. The van der Waals surface area contributed by atoms with Crippen molar-refractivity contribution in [2.45, 2.75) is 0 Å². The molecule has 0 bridgehead atoms. The number of nitrogens with one attached hydrogen (secondary N) is 1. The number of morpholine rings is 2. The molecule has 1 aromatic heterocycles. The Labute approximate surface area is 174 Å². The molecule has 2 amide bonds. The van der Waals surface area contributed by atoms with Crippen LogP contribution in [0.2, 0.25) is 0 Å². The number of rotatable bonds is 6. The highest BCUT2D eigenvalue weighted by Crippen LogP contribution is 2.28. The van der Waals surface area contributed by atoms with E-state index < -0.39 is 0 Å². The average Bonchev–Trinajstić information content (AvgIpc) is 3.30. The molecule has 2 saturated heterocycles. The molecule has 0 radical (unpaired) electrons. The Balaban J connectivity index is 1.47. The van der Waals surface area contributed by atoms with Gasteiger partial charge in [0.15, 0.2) is 17.8 Å². The lowest BCUT2D eigenvalue weighted by Gasteiger charge is -2.27. The summed E-state index contributed by atoms with van der Waals surface area (Å²) in [5.41, 5.74) is 1.22. The summed E-state index contributed by atoms with van der Waals surface area (Å²) in [6, 6.07) is 7.14. The van der Waals surface area contributed by atoms with Crippen molar-refractivity contribution in [1.82, 2.24) is 20.1 Å². The second kappa shape index (κ2) is 9.84.